The molecule has 2 aromatic heterocycles. The molecule has 5 rings (SSSR count). The molecule has 0 unspecified atom stereocenters. The molecule has 4 N–H and O–H groups in total. The van der Waals surface area contributed by atoms with Gasteiger partial charge >= 0.3 is 0 Å². The second kappa shape index (κ2) is 10.5. The van der Waals surface area contributed by atoms with E-state index in [2.05, 4.69) is 43.7 Å². The highest BCUT2D eigenvalue weighted by Gasteiger charge is 2.24. The van der Waals surface area contributed by atoms with Gasteiger partial charge in [-0.15, -0.1) is 16.9 Å². The molecule has 2 aromatic carbocycles. The van der Waals surface area contributed by atoms with Gasteiger partial charge in [0, 0.05) is 34.5 Å². The second-order valence-corrected chi connectivity index (χ2v) is 9.40. The number of rotatable bonds is 7. The fraction of sp³-hybridized carbons (Fsp3) is 0.0833. The molecular formula is C24H16Cl2FN9S. The van der Waals surface area contributed by atoms with Gasteiger partial charge in [-0.25, -0.2) is 9.37 Å². The number of aromatic nitrogens is 2. The summed E-state index contributed by atoms with van der Waals surface area (Å²) in [6, 6.07) is 11.6. The fourth-order valence-corrected chi connectivity index (χ4v) is 4.83. The van der Waals surface area contributed by atoms with Crippen LogP contribution in [0.3, 0.4) is 0 Å². The molecule has 0 amide bonds. The monoisotopic (exact) mass is 551 g/mol. The van der Waals surface area contributed by atoms with E-state index in [1.54, 1.807) is 22.8 Å². The van der Waals surface area contributed by atoms with Gasteiger partial charge in [-0.05, 0) is 30.3 Å². The van der Waals surface area contributed by atoms with Gasteiger partial charge in [0.25, 0.3) is 0 Å². The third-order valence-corrected chi connectivity index (χ3v) is 6.67. The first-order valence-electron chi connectivity index (χ1n) is 10.7. The maximum absolute atomic E-state index is 13.7. The number of pyridine rings is 1. The highest BCUT2D eigenvalue weighted by molar-refractivity contribution is 7.07. The van der Waals surface area contributed by atoms with E-state index in [0.29, 0.717) is 33.0 Å². The number of thiazole rings is 1. The van der Waals surface area contributed by atoms with Gasteiger partial charge in [-0.2, -0.15) is 10.5 Å². The zero-order valence-corrected chi connectivity index (χ0v) is 21.1. The minimum atomic E-state index is -0.549. The maximum atomic E-state index is 13.7. The van der Waals surface area contributed by atoms with Gasteiger partial charge in [0.1, 0.15) is 24.5 Å². The lowest BCUT2D eigenvalue weighted by Crippen LogP contribution is -2.37. The minimum absolute atomic E-state index is 0.0512. The lowest BCUT2D eigenvalue weighted by atomic mass is 10.1. The van der Waals surface area contributed by atoms with Crippen LogP contribution in [-0.2, 0) is 0 Å². The Labute approximate surface area is 224 Å². The topological polar surface area (TPSA) is 125 Å². The molecule has 1 aliphatic heterocycles. The normalized spacial score (nSPS) is 13.4. The summed E-state index contributed by atoms with van der Waals surface area (Å²) in [5.74, 6) is -0.549. The Morgan fingerprint density at radius 3 is 2.70 bits per heavy atom. The summed E-state index contributed by atoms with van der Waals surface area (Å²) >= 11 is 14.0. The van der Waals surface area contributed by atoms with E-state index in [9.17, 15) is 9.65 Å². The van der Waals surface area contributed by atoms with Crippen molar-refractivity contribution < 1.29 is 4.39 Å². The SMILES string of the molecule is N#CCN1C=C([C@@H](Nc2cc(Cl)c3ncc(C#N)c(Nc4ccc(F)c(Cl)c4)c3c2)c2cscn2)NN1. The number of anilines is 3. The fourth-order valence-electron chi connectivity index (χ4n) is 3.80. The number of nitrogens with zero attached hydrogens (tertiary/aromatic N) is 5. The summed E-state index contributed by atoms with van der Waals surface area (Å²) in [5, 5.41) is 29.8. The van der Waals surface area contributed by atoms with E-state index in [1.165, 1.54) is 35.7 Å². The van der Waals surface area contributed by atoms with Crippen molar-refractivity contribution in [1.29, 1.82) is 10.5 Å². The van der Waals surface area contributed by atoms with Crippen molar-refractivity contribution in [3.63, 3.8) is 0 Å². The standard InChI is InChI=1S/C24H16Cl2FN9S/c25-17-6-14(1-2-19(17)27)32-22-13(8-29)9-30-23-16(22)5-15(7-18(23)26)33-24(21-11-37-12-31-21)20-10-36(4-3-28)35-34-20/h1-2,5-7,9-12,24,33-35H,4H2,(H,30,32)/t24-/m1/s1. The summed E-state index contributed by atoms with van der Waals surface area (Å²) in [4.78, 5) is 8.82. The predicted molar refractivity (Wildman–Crippen MR) is 141 cm³/mol. The Hall–Kier alpha value is -4.13. The highest BCUT2D eigenvalue weighted by Crippen LogP contribution is 2.37. The molecule has 1 atom stereocenters. The second-order valence-electron chi connectivity index (χ2n) is 7.86. The number of fused-ring (bicyclic) bond motifs is 1. The Kier molecular flexibility index (Phi) is 6.95. The van der Waals surface area contributed by atoms with Crippen LogP contribution >= 0.6 is 34.5 Å². The van der Waals surface area contributed by atoms with E-state index >= 15 is 0 Å². The molecule has 0 aliphatic carbocycles. The van der Waals surface area contributed by atoms with Crippen LogP contribution in [0.4, 0.5) is 21.5 Å². The maximum Gasteiger partial charge on any atom is 0.141 e. The number of hydrogen-bond acceptors (Lipinski definition) is 10. The van der Waals surface area contributed by atoms with E-state index in [1.807, 2.05) is 11.4 Å². The molecule has 37 heavy (non-hydrogen) atoms. The Morgan fingerprint density at radius 2 is 1.97 bits per heavy atom. The third kappa shape index (κ3) is 5.07. The lowest BCUT2D eigenvalue weighted by molar-refractivity contribution is 0.300. The van der Waals surface area contributed by atoms with Crippen LogP contribution in [-0.4, -0.2) is 21.5 Å². The molecule has 0 spiro atoms. The zero-order valence-electron chi connectivity index (χ0n) is 18.8. The van der Waals surface area contributed by atoms with Gasteiger partial charge < -0.3 is 16.1 Å². The number of halogens is 3. The van der Waals surface area contributed by atoms with Crippen molar-refractivity contribution in [2.45, 2.75) is 6.04 Å². The molecule has 13 heteroatoms. The van der Waals surface area contributed by atoms with Crippen LogP contribution in [0.25, 0.3) is 10.9 Å². The molecule has 0 fully saturated rings. The molecule has 1 aliphatic rings. The number of hydrazine groups is 2. The van der Waals surface area contributed by atoms with Gasteiger partial charge in [0.2, 0.25) is 0 Å². The number of nitriles is 2. The van der Waals surface area contributed by atoms with Crippen LogP contribution in [0.5, 0.6) is 0 Å². The molecule has 4 aromatic rings. The van der Waals surface area contributed by atoms with Crippen molar-refractivity contribution in [3.8, 4) is 12.1 Å². The quantitative estimate of drug-likeness (QED) is 0.217. The van der Waals surface area contributed by atoms with E-state index in [0.717, 1.165) is 11.4 Å². The average Bonchev–Trinajstić information content (AvgIpc) is 3.58. The van der Waals surface area contributed by atoms with Crippen LogP contribution in [0.2, 0.25) is 10.0 Å². The molecular weight excluding hydrogens is 536 g/mol. The van der Waals surface area contributed by atoms with Crippen LogP contribution < -0.4 is 21.6 Å². The molecule has 0 saturated carbocycles. The predicted octanol–water partition coefficient (Wildman–Crippen LogP) is 5.60. The Bertz CT molecular complexity index is 1590. The van der Waals surface area contributed by atoms with Crippen LogP contribution in [0.1, 0.15) is 17.3 Å². The van der Waals surface area contributed by atoms with Gasteiger partial charge in [-0.3, -0.25) is 9.99 Å². The smallest absolute Gasteiger partial charge is 0.141 e. The molecule has 9 nitrogen and oxygen atoms in total. The van der Waals surface area contributed by atoms with E-state index in [-0.39, 0.29) is 17.1 Å². The number of hydrogen-bond donors (Lipinski definition) is 4. The molecule has 184 valence electrons. The number of benzene rings is 2. The summed E-state index contributed by atoms with van der Waals surface area (Å²) in [7, 11) is 0. The van der Waals surface area contributed by atoms with Gasteiger partial charge in [0.05, 0.1) is 49.8 Å². The van der Waals surface area contributed by atoms with Crippen molar-refractivity contribution in [1.82, 2.24) is 25.9 Å². The lowest BCUT2D eigenvalue weighted by Gasteiger charge is -2.20. The molecule has 3 heterocycles. The summed E-state index contributed by atoms with van der Waals surface area (Å²) in [5.41, 5.74) is 11.5. The first-order chi connectivity index (χ1) is 18.0. The van der Waals surface area contributed by atoms with Gasteiger partial charge in [0.15, 0.2) is 0 Å². The van der Waals surface area contributed by atoms with E-state index < -0.39 is 11.9 Å². The van der Waals surface area contributed by atoms with Crippen molar-refractivity contribution in [2.75, 3.05) is 17.2 Å². The van der Waals surface area contributed by atoms with Crippen molar-refractivity contribution in [3.05, 3.63) is 86.4 Å². The van der Waals surface area contributed by atoms with Crippen molar-refractivity contribution in [2.24, 2.45) is 0 Å². The van der Waals surface area contributed by atoms with E-state index in [4.69, 9.17) is 28.5 Å². The molecule has 0 saturated heterocycles. The summed E-state index contributed by atoms with van der Waals surface area (Å²) in [6.45, 7) is 0.146. The Morgan fingerprint density at radius 1 is 1.14 bits per heavy atom. The largest absolute Gasteiger partial charge is 0.371 e. The highest BCUT2D eigenvalue weighted by atomic mass is 35.5. The summed E-state index contributed by atoms with van der Waals surface area (Å²) < 4.78 is 13.7. The summed E-state index contributed by atoms with van der Waals surface area (Å²) in [6.07, 6.45) is 3.21. The van der Waals surface area contributed by atoms with Crippen LogP contribution in [0.15, 0.2) is 59.3 Å². The average molecular weight is 552 g/mol. The zero-order chi connectivity index (χ0) is 25.9. The minimum Gasteiger partial charge on any atom is -0.371 e. The third-order valence-electron chi connectivity index (χ3n) is 5.48. The van der Waals surface area contributed by atoms with Crippen molar-refractivity contribution >= 4 is 62.5 Å². The molecule has 0 bridgehead atoms. The first kappa shape index (κ1) is 24.6. The van der Waals surface area contributed by atoms with Crippen LogP contribution in [0, 0.1) is 28.5 Å². The first-order valence-corrected chi connectivity index (χ1v) is 12.4. The van der Waals surface area contributed by atoms with Gasteiger partial charge in [-0.1, -0.05) is 23.2 Å². The molecule has 0 radical (unpaired) electrons. The number of nitrogens with one attached hydrogen (secondary N) is 4. The Balaban J connectivity index is 1.57.